The highest BCUT2D eigenvalue weighted by Gasteiger charge is 2.27. The molecule has 2 unspecified atom stereocenters. The molecular formula is C14H16BrNO4. The molecule has 108 valence electrons. The van der Waals surface area contributed by atoms with Crippen LogP contribution in [0, 0.1) is 16.0 Å². The van der Waals surface area contributed by atoms with E-state index in [9.17, 15) is 14.9 Å². The fraction of sp³-hybridized carbons (Fsp3) is 0.500. The number of ether oxygens (including phenoxy) is 1. The predicted octanol–water partition coefficient (Wildman–Crippen LogP) is 4.09. The maximum absolute atomic E-state index is 12.2. The van der Waals surface area contributed by atoms with Crippen LogP contribution in [0.1, 0.15) is 43.0 Å². The van der Waals surface area contributed by atoms with Crippen LogP contribution >= 0.6 is 15.9 Å². The smallest absolute Gasteiger partial charge is 0.339 e. The van der Waals surface area contributed by atoms with Crippen LogP contribution in [-0.2, 0) is 4.74 Å². The Hall–Kier alpha value is -1.43. The Morgan fingerprint density at radius 2 is 2.10 bits per heavy atom. The van der Waals surface area contributed by atoms with Gasteiger partial charge in [0.25, 0.3) is 5.69 Å². The number of hydrogen-bond acceptors (Lipinski definition) is 4. The summed E-state index contributed by atoms with van der Waals surface area (Å²) in [4.78, 5) is 22.5. The van der Waals surface area contributed by atoms with E-state index >= 15 is 0 Å². The number of benzene rings is 1. The van der Waals surface area contributed by atoms with Crippen LogP contribution < -0.4 is 0 Å². The summed E-state index contributed by atoms with van der Waals surface area (Å²) < 4.78 is 5.69. The van der Waals surface area contributed by atoms with Crippen molar-refractivity contribution in [2.45, 2.75) is 38.7 Å². The van der Waals surface area contributed by atoms with E-state index in [1.165, 1.54) is 18.2 Å². The molecule has 1 aromatic rings. The fourth-order valence-electron chi connectivity index (χ4n) is 2.48. The molecule has 1 aromatic carbocycles. The van der Waals surface area contributed by atoms with Crippen molar-refractivity contribution in [2.75, 3.05) is 0 Å². The van der Waals surface area contributed by atoms with E-state index in [1.807, 2.05) is 0 Å². The third-order valence-electron chi connectivity index (χ3n) is 3.69. The van der Waals surface area contributed by atoms with Crippen LogP contribution in [0.25, 0.3) is 0 Å². The maximum Gasteiger partial charge on any atom is 0.339 e. The molecule has 20 heavy (non-hydrogen) atoms. The van der Waals surface area contributed by atoms with Gasteiger partial charge in [-0.05, 0) is 47.2 Å². The monoisotopic (exact) mass is 341 g/mol. The molecular weight excluding hydrogens is 326 g/mol. The van der Waals surface area contributed by atoms with E-state index in [1.54, 1.807) is 0 Å². The quantitative estimate of drug-likeness (QED) is 0.471. The van der Waals surface area contributed by atoms with Gasteiger partial charge in [-0.1, -0.05) is 19.4 Å². The zero-order chi connectivity index (χ0) is 14.7. The Morgan fingerprint density at radius 3 is 2.75 bits per heavy atom. The fourth-order valence-corrected chi connectivity index (χ4v) is 3.05. The summed E-state index contributed by atoms with van der Waals surface area (Å²) in [7, 11) is 0. The average molecular weight is 342 g/mol. The van der Waals surface area contributed by atoms with Gasteiger partial charge in [0.1, 0.15) is 10.6 Å². The Morgan fingerprint density at radius 1 is 1.40 bits per heavy atom. The number of carbonyl (C=O) groups excluding carboxylic acids is 1. The molecule has 1 aliphatic rings. The summed E-state index contributed by atoms with van der Waals surface area (Å²) in [6, 6.07) is 4.38. The normalized spacial score (nSPS) is 22.3. The van der Waals surface area contributed by atoms with Crippen molar-refractivity contribution in [1.29, 1.82) is 0 Å². The minimum Gasteiger partial charge on any atom is -0.458 e. The number of rotatable bonds is 3. The molecule has 0 radical (unpaired) electrons. The van der Waals surface area contributed by atoms with Gasteiger partial charge in [-0.2, -0.15) is 0 Å². The SMILES string of the molecule is CC1CCCCC1OC(=O)c1cccc([N+](=O)[O-])c1Br. The highest BCUT2D eigenvalue weighted by molar-refractivity contribution is 9.10. The molecule has 1 saturated carbocycles. The van der Waals surface area contributed by atoms with Crippen LogP contribution in [0.3, 0.4) is 0 Å². The van der Waals surface area contributed by atoms with Crippen LogP contribution in [0.4, 0.5) is 5.69 Å². The number of nitrogens with zero attached hydrogens (tertiary/aromatic N) is 1. The molecule has 2 atom stereocenters. The number of halogens is 1. The molecule has 1 aliphatic carbocycles. The number of nitro benzene ring substituents is 1. The number of nitro groups is 1. The van der Waals surface area contributed by atoms with Gasteiger partial charge in [0.2, 0.25) is 0 Å². The molecule has 0 amide bonds. The molecule has 0 aromatic heterocycles. The van der Waals surface area contributed by atoms with Crippen molar-refractivity contribution in [3.05, 3.63) is 38.3 Å². The predicted molar refractivity (Wildman–Crippen MR) is 77.6 cm³/mol. The topological polar surface area (TPSA) is 69.4 Å². The van der Waals surface area contributed by atoms with E-state index < -0.39 is 10.9 Å². The molecule has 0 aliphatic heterocycles. The summed E-state index contributed by atoms with van der Waals surface area (Å²) in [5, 5.41) is 10.9. The molecule has 6 heteroatoms. The van der Waals surface area contributed by atoms with Gasteiger partial charge >= 0.3 is 5.97 Å². The summed E-state index contributed by atoms with van der Waals surface area (Å²) in [6.07, 6.45) is 4.03. The largest absolute Gasteiger partial charge is 0.458 e. The Kier molecular flexibility index (Phi) is 4.75. The van der Waals surface area contributed by atoms with Crippen molar-refractivity contribution in [3.63, 3.8) is 0 Å². The molecule has 0 bridgehead atoms. The van der Waals surface area contributed by atoms with Crippen molar-refractivity contribution in [3.8, 4) is 0 Å². The third kappa shape index (κ3) is 3.17. The van der Waals surface area contributed by atoms with E-state index in [0.29, 0.717) is 5.92 Å². The van der Waals surface area contributed by atoms with Gasteiger partial charge in [0.05, 0.1) is 10.5 Å². The minimum atomic E-state index is -0.524. The zero-order valence-electron chi connectivity index (χ0n) is 11.2. The number of hydrogen-bond donors (Lipinski definition) is 0. The molecule has 0 N–H and O–H groups in total. The lowest BCUT2D eigenvalue weighted by Gasteiger charge is -2.28. The average Bonchev–Trinajstić information content (AvgIpc) is 2.41. The van der Waals surface area contributed by atoms with E-state index in [0.717, 1.165) is 25.7 Å². The first-order chi connectivity index (χ1) is 9.50. The van der Waals surface area contributed by atoms with Crippen LogP contribution in [0.15, 0.2) is 22.7 Å². The number of esters is 1. The summed E-state index contributed by atoms with van der Waals surface area (Å²) in [5.41, 5.74) is 0.0770. The lowest BCUT2D eigenvalue weighted by Crippen LogP contribution is -2.28. The zero-order valence-corrected chi connectivity index (χ0v) is 12.8. The lowest BCUT2D eigenvalue weighted by molar-refractivity contribution is -0.385. The molecule has 2 rings (SSSR count). The van der Waals surface area contributed by atoms with Gasteiger partial charge < -0.3 is 4.74 Å². The van der Waals surface area contributed by atoms with Gasteiger partial charge in [0, 0.05) is 6.07 Å². The van der Waals surface area contributed by atoms with Gasteiger partial charge in [0.15, 0.2) is 0 Å². The van der Waals surface area contributed by atoms with Crippen LogP contribution in [0.5, 0.6) is 0 Å². The molecule has 0 heterocycles. The highest BCUT2D eigenvalue weighted by Crippen LogP contribution is 2.31. The first kappa shape index (κ1) is 15.0. The first-order valence-electron chi connectivity index (χ1n) is 6.64. The second-order valence-electron chi connectivity index (χ2n) is 5.10. The summed E-state index contributed by atoms with van der Waals surface area (Å²) >= 11 is 3.12. The summed E-state index contributed by atoms with van der Waals surface area (Å²) in [5.74, 6) is -0.163. The molecule has 5 nitrogen and oxygen atoms in total. The van der Waals surface area contributed by atoms with Gasteiger partial charge in [-0.15, -0.1) is 0 Å². The van der Waals surface area contributed by atoms with Crippen molar-refractivity contribution >= 4 is 27.6 Å². The van der Waals surface area contributed by atoms with Gasteiger partial charge in [-0.25, -0.2) is 4.79 Å². The van der Waals surface area contributed by atoms with Crippen LogP contribution in [0.2, 0.25) is 0 Å². The van der Waals surface area contributed by atoms with Crippen molar-refractivity contribution < 1.29 is 14.5 Å². The third-order valence-corrected chi connectivity index (χ3v) is 4.52. The van der Waals surface area contributed by atoms with Gasteiger partial charge in [-0.3, -0.25) is 10.1 Å². The van der Waals surface area contributed by atoms with Crippen molar-refractivity contribution in [2.24, 2.45) is 5.92 Å². The van der Waals surface area contributed by atoms with E-state index in [2.05, 4.69) is 22.9 Å². The minimum absolute atomic E-state index is 0.0950. The Labute approximate surface area is 125 Å². The highest BCUT2D eigenvalue weighted by atomic mass is 79.9. The second-order valence-corrected chi connectivity index (χ2v) is 5.89. The Balaban J connectivity index is 2.17. The standard InChI is InChI=1S/C14H16BrNO4/c1-9-5-2-3-8-12(9)20-14(17)10-6-4-7-11(13(10)15)16(18)19/h4,6-7,9,12H,2-3,5,8H2,1H3. The maximum atomic E-state index is 12.2. The van der Waals surface area contributed by atoms with E-state index in [4.69, 9.17) is 4.74 Å². The van der Waals surface area contributed by atoms with Crippen LogP contribution in [-0.4, -0.2) is 17.0 Å². The molecule has 0 saturated heterocycles. The lowest BCUT2D eigenvalue weighted by atomic mass is 9.88. The molecule has 0 spiro atoms. The summed E-state index contributed by atoms with van der Waals surface area (Å²) in [6.45, 7) is 2.07. The Bertz CT molecular complexity index is 532. The van der Waals surface area contributed by atoms with Crippen molar-refractivity contribution in [1.82, 2.24) is 0 Å². The second kappa shape index (κ2) is 6.35. The molecule has 1 fully saturated rings. The number of carbonyl (C=O) groups is 1. The first-order valence-corrected chi connectivity index (χ1v) is 7.44. The van der Waals surface area contributed by atoms with E-state index in [-0.39, 0.29) is 21.8 Å².